The van der Waals surface area contributed by atoms with Crippen molar-refractivity contribution < 1.29 is 17.9 Å². The van der Waals surface area contributed by atoms with E-state index in [1.165, 1.54) is 37.6 Å². The van der Waals surface area contributed by atoms with Crippen LogP contribution in [0.1, 0.15) is 38.5 Å². The summed E-state index contributed by atoms with van der Waals surface area (Å²) in [6.45, 7) is 1.72. The minimum Gasteiger partial charge on any atom is -0.385 e. The van der Waals surface area contributed by atoms with Crippen molar-refractivity contribution in [3.8, 4) is 0 Å². The average molecular weight is 366 g/mol. The van der Waals surface area contributed by atoms with E-state index in [4.69, 9.17) is 4.74 Å². The number of guanidine groups is 1. The predicted octanol–water partition coefficient (Wildman–Crippen LogP) is 2.63. The first kappa shape index (κ1) is 22.0. The Morgan fingerprint density at radius 3 is 2.48 bits per heavy atom. The second-order valence-electron chi connectivity index (χ2n) is 7.01. The molecule has 1 fully saturated rings. The van der Waals surface area contributed by atoms with Crippen LogP contribution in [0.5, 0.6) is 0 Å². The van der Waals surface area contributed by atoms with Crippen LogP contribution < -0.4 is 10.6 Å². The minimum absolute atomic E-state index is 0.264. The molecule has 0 radical (unpaired) electrons. The van der Waals surface area contributed by atoms with Gasteiger partial charge in [-0.2, -0.15) is 13.2 Å². The van der Waals surface area contributed by atoms with Gasteiger partial charge in [0.05, 0.1) is 6.54 Å². The van der Waals surface area contributed by atoms with Crippen molar-refractivity contribution in [1.82, 2.24) is 15.5 Å². The summed E-state index contributed by atoms with van der Waals surface area (Å²) >= 11 is 0. The summed E-state index contributed by atoms with van der Waals surface area (Å²) in [6, 6.07) is 0. The largest absolute Gasteiger partial charge is 0.401 e. The first-order valence-corrected chi connectivity index (χ1v) is 8.99. The van der Waals surface area contributed by atoms with Gasteiger partial charge in [0, 0.05) is 33.9 Å². The molecule has 25 heavy (non-hydrogen) atoms. The summed E-state index contributed by atoms with van der Waals surface area (Å²) in [5, 5.41) is 6.56. The second kappa shape index (κ2) is 10.9. The first-order chi connectivity index (χ1) is 11.8. The smallest absolute Gasteiger partial charge is 0.385 e. The maximum atomic E-state index is 12.3. The standard InChI is InChI=1S/C17H33F3N4O/c1-21-15(22-10-6-11-24(2)14-17(18,19)20)23-13-16(9-12-25-3)7-4-5-8-16/h4-14H2,1-3H3,(H2,21,22,23). The maximum Gasteiger partial charge on any atom is 0.401 e. The Kier molecular flexibility index (Phi) is 9.56. The molecule has 0 aromatic carbocycles. The highest BCUT2D eigenvalue weighted by atomic mass is 19.4. The highest BCUT2D eigenvalue weighted by Crippen LogP contribution is 2.40. The molecule has 2 N–H and O–H groups in total. The zero-order valence-electron chi connectivity index (χ0n) is 15.7. The lowest BCUT2D eigenvalue weighted by atomic mass is 9.83. The van der Waals surface area contributed by atoms with Crippen LogP contribution in [0.2, 0.25) is 0 Å². The topological polar surface area (TPSA) is 48.9 Å². The van der Waals surface area contributed by atoms with E-state index in [-0.39, 0.29) is 5.41 Å². The molecule has 8 heteroatoms. The average Bonchev–Trinajstić information content (AvgIpc) is 3.00. The fourth-order valence-electron chi connectivity index (χ4n) is 3.39. The van der Waals surface area contributed by atoms with Gasteiger partial charge >= 0.3 is 6.18 Å². The molecule has 148 valence electrons. The van der Waals surface area contributed by atoms with Gasteiger partial charge < -0.3 is 15.4 Å². The summed E-state index contributed by atoms with van der Waals surface area (Å²) in [5.41, 5.74) is 0.264. The highest BCUT2D eigenvalue weighted by Gasteiger charge is 2.33. The quantitative estimate of drug-likeness (QED) is 0.355. The fourth-order valence-corrected chi connectivity index (χ4v) is 3.39. The number of hydrogen-bond acceptors (Lipinski definition) is 3. The van der Waals surface area contributed by atoms with Gasteiger partial charge in [0.25, 0.3) is 0 Å². The molecule has 1 aliphatic carbocycles. The summed E-state index contributed by atoms with van der Waals surface area (Å²) < 4.78 is 42.1. The summed E-state index contributed by atoms with van der Waals surface area (Å²) in [7, 11) is 4.92. The zero-order chi connectivity index (χ0) is 18.8. The van der Waals surface area contributed by atoms with Gasteiger partial charge in [-0.05, 0) is 44.7 Å². The Hall–Kier alpha value is -1.02. The molecule has 1 rings (SSSR count). The number of halogens is 3. The van der Waals surface area contributed by atoms with E-state index in [0.717, 1.165) is 19.6 Å². The minimum atomic E-state index is -4.14. The lowest BCUT2D eigenvalue weighted by Crippen LogP contribution is -2.44. The number of methoxy groups -OCH3 is 1. The van der Waals surface area contributed by atoms with Crippen LogP contribution in [-0.4, -0.2) is 71.0 Å². The molecular formula is C17H33F3N4O. The Morgan fingerprint density at radius 2 is 1.92 bits per heavy atom. The van der Waals surface area contributed by atoms with Gasteiger partial charge in [0.2, 0.25) is 0 Å². The number of hydrogen-bond donors (Lipinski definition) is 2. The van der Waals surface area contributed by atoms with Crippen molar-refractivity contribution in [1.29, 1.82) is 0 Å². The van der Waals surface area contributed by atoms with Gasteiger partial charge in [-0.1, -0.05) is 12.8 Å². The fraction of sp³-hybridized carbons (Fsp3) is 0.941. The Bertz CT molecular complexity index is 396. The molecule has 0 heterocycles. The van der Waals surface area contributed by atoms with E-state index in [9.17, 15) is 13.2 Å². The molecule has 0 saturated heterocycles. The Balaban J connectivity index is 2.28. The number of nitrogens with one attached hydrogen (secondary N) is 2. The lowest BCUT2D eigenvalue weighted by Gasteiger charge is -2.30. The van der Waals surface area contributed by atoms with Crippen LogP contribution in [0.3, 0.4) is 0 Å². The highest BCUT2D eigenvalue weighted by molar-refractivity contribution is 5.79. The van der Waals surface area contributed by atoms with Crippen LogP contribution in [0.4, 0.5) is 13.2 Å². The third-order valence-corrected chi connectivity index (χ3v) is 4.81. The van der Waals surface area contributed by atoms with Gasteiger partial charge in [-0.3, -0.25) is 9.89 Å². The summed E-state index contributed by atoms with van der Waals surface area (Å²) in [6.07, 6.45) is 2.42. The third kappa shape index (κ3) is 9.30. The molecule has 0 unspecified atom stereocenters. The molecule has 0 aromatic heterocycles. The number of rotatable bonds is 10. The van der Waals surface area contributed by atoms with Gasteiger partial charge in [0.15, 0.2) is 5.96 Å². The Labute approximate surface area is 149 Å². The molecule has 0 spiro atoms. The number of ether oxygens (including phenoxy) is 1. The third-order valence-electron chi connectivity index (χ3n) is 4.81. The molecule has 1 aliphatic rings. The van der Waals surface area contributed by atoms with Crippen LogP contribution in [0.25, 0.3) is 0 Å². The van der Waals surface area contributed by atoms with E-state index in [1.54, 1.807) is 14.2 Å². The maximum absolute atomic E-state index is 12.3. The Morgan fingerprint density at radius 1 is 1.24 bits per heavy atom. The first-order valence-electron chi connectivity index (χ1n) is 8.99. The van der Waals surface area contributed by atoms with Crippen LogP contribution in [0.15, 0.2) is 4.99 Å². The SMILES string of the molecule is CN=C(NCCCN(C)CC(F)(F)F)NCC1(CCOC)CCCC1. The summed E-state index contributed by atoms with van der Waals surface area (Å²) in [5.74, 6) is 0.710. The van der Waals surface area contributed by atoms with Gasteiger partial charge in [-0.25, -0.2) is 0 Å². The van der Waals surface area contributed by atoms with Crippen molar-refractivity contribution in [2.45, 2.75) is 44.7 Å². The van der Waals surface area contributed by atoms with Gasteiger partial charge in [-0.15, -0.1) is 0 Å². The lowest BCUT2D eigenvalue weighted by molar-refractivity contribution is -0.143. The van der Waals surface area contributed by atoms with E-state index >= 15 is 0 Å². The van der Waals surface area contributed by atoms with Crippen molar-refractivity contribution >= 4 is 5.96 Å². The molecule has 0 aliphatic heterocycles. The number of alkyl halides is 3. The van der Waals surface area contributed by atoms with Crippen molar-refractivity contribution in [2.75, 3.05) is 54.0 Å². The van der Waals surface area contributed by atoms with E-state index < -0.39 is 12.7 Å². The molecule has 5 nitrogen and oxygen atoms in total. The molecule has 1 saturated carbocycles. The molecule has 0 bridgehead atoms. The van der Waals surface area contributed by atoms with E-state index in [1.807, 2.05) is 0 Å². The van der Waals surface area contributed by atoms with Crippen molar-refractivity contribution in [2.24, 2.45) is 10.4 Å². The molecule has 0 aromatic rings. The van der Waals surface area contributed by atoms with Crippen molar-refractivity contribution in [3.05, 3.63) is 0 Å². The van der Waals surface area contributed by atoms with Crippen LogP contribution in [0, 0.1) is 5.41 Å². The number of nitrogens with zero attached hydrogens (tertiary/aromatic N) is 2. The zero-order valence-corrected chi connectivity index (χ0v) is 15.7. The monoisotopic (exact) mass is 366 g/mol. The van der Waals surface area contributed by atoms with Crippen LogP contribution >= 0.6 is 0 Å². The molecule has 0 amide bonds. The molecule has 0 atom stereocenters. The van der Waals surface area contributed by atoms with Gasteiger partial charge in [0.1, 0.15) is 0 Å². The van der Waals surface area contributed by atoms with E-state index in [0.29, 0.717) is 25.5 Å². The predicted molar refractivity (Wildman–Crippen MR) is 94.9 cm³/mol. The van der Waals surface area contributed by atoms with Crippen LogP contribution in [-0.2, 0) is 4.74 Å². The second-order valence-corrected chi connectivity index (χ2v) is 7.01. The number of aliphatic imine (C=N–C) groups is 1. The molecular weight excluding hydrogens is 333 g/mol. The normalized spacial score (nSPS) is 18.0. The van der Waals surface area contributed by atoms with E-state index in [2.05, 4.69) is 15.6 Å². The van der Waals surface area contributed by atoms with Crippen molar-refractivity contribution in [3.63, 3.8) is 0 Å². The summed E-state index contributed by atoms with van der Waals surface area (Å²) in [4.78, 5) is 5.49.